The lowest BCUT2D eigenvalue weighted by Gasteiger charge is -2.26. The van der Waals surface area contributed by atoms with Crippen molar-refractivity contribution >= 4 is 27.9 Å². The Kier molecular flexibility index (Phi) is 14.4. The second-order valence-corrected chi connectivity index (χ2v) is 14.7. The number of rotatable bonds is 18. The minimum absolute atomic E-state index is 0.00152. The zero-order chi connectivity index (χ0) is 43.3. The molecule has 0 bridgehead atoms. The quantitative estimate of drug-likeness (QED) is 0.0834. The fourth-order valence-corrected chi connectivity index (χ4v) is 7.18. The fourth-order valence-electron chi connectivity index (χ4n) is 6.64. The summed E-state index contributed by atoms with van der Waals surface area (Å²) < 4.78 is 43.8. The number of hydrogen-bond acceptors (Lipinski definition) is 10. The van der Waals surface area contributed by atoms with Crippen LogP contribution in [0.25, 0.3) is 11.1 Å². The first-order chi connectivity index (χ1) is 30.4. The monoisotopic (exact) mass is 894 g/mol. The van der Waals surface area contributed by atoms with E-state index in [4.69, 9.17) is 33.2 Å². The number of carbonyl (C=O) groups is 2. The molecule has 11 heteroatoms. The average molecular weight is 896 g/mol. The summed E-state index contributed by atoms with van der Waals surface area (Å²) in [6.07, 6.45) is 0. The van der Waals surface area contributed by atoms with E-state index in [0.717, 1.165) is 27.8 Å². The SMILES string of the molecule is COC(=O)c1cc(OCc2ccccc2)c(OCc2ccccc2)c(OCc2ccccc2)c1-c1c(OCc2ccccc2)c(OCc2ccccc2)c(O)c(Br)c1C(=O)OC. The molecule has 314 valence electrons. The molecule has 0 unspecified atom stereocenters. The van der Waals surface area contributed by atoms with Gasteiger partial charge in [-0.2, -0.15) is 0 Å². The van der Waals surface area contributed by atoms with E-state index in [1.807, 2.05) is 152 Å². The number of esters is 2. The van der Waals surface area contributed by atoms with Crippen molar-refractivity contribution in [1.82, 2.24) is 0 Å². The number of phenols is 1. The summed E-state index contributed by atoms with van der Waals surface area (Å²) in [7, 11) is 2.46. The van der Waals surface area contributed by atoms with Gasteiger partial charge < -0.3 is 38.3 Å². The van der Waals surface area contributed by atoms with Crippen molar-refractivity contribution in [3.05, 3.63) is 201 Å². The number of hydrogen-bond donors (Lipinski definition) is 1. The van der Waals surface area contributed by atoms with E-state index in [0.29, 0.717) is 0 Å². The van der Waals surface area contributed by atoms with E-state index >= 15 is 0 Å². The second-order valence-electron chi connectivity index (χ2n) is 13.9. The summed E-state index contributed by atoms with van der Waals surface area (Å²) in [6, 6.07) is 48.7. The number of phenolic OH excluding ortho intramolecular Hbond substituents is 1. The van der Waals surface area contributed by atoms with E-state index in [-0.39, 0.29) is 88.5 Å². The number of aromatic hydroxyl groups is 1. The molecule has 0 saturated heterocycles. The Hall–Kier alpha value is -7.24. The van der Waals surface area contributed by atoms with Crippen LogP contribution in [-0.2, 0) is 42.5 Å². The molecular weight excluding hydrogens is 852 g/mol. The Bertz CT molecular complexity index is 2590. The van der Waals surface area contributed by atoms with Crippen LogP contribution in [0.4, 0.5) is 0 Å². The predicted octanol–water partition coefficient (Wildman–Crippen LogP) is 11.3. The van der Waals surface area contributed by atoms with Crippen LogP contribution in [0.15, 0.2) is 162 Å². The van der Waals surface area contributed by atoms with Gasteiger partial charge in [-0.1, -0.05) is 152 Å². The Balaban J connectivity index is 1.56. The first-order valence-electron chi connectivity index (χ1n) is 19.7. The van der Waals surface area contributed by atoms with E-state index in [2.05, 4.69) is 15.9 Å². The van der Waals surface area contributed by atoms with E-state index < -0.39 is 17.7 Å². The molecule has 0 fully saturated rings. The molecule has 0 atom stereocenters. The number of ether oxygens (including phenoxy) is 7. The summed E-state index contributed by atoms with van der Waals surface area (Å²) in [5.41, 5.74) is 3.77. The van der Waals surface area contributed by atoms with Crippen LogP contribution in [0.2, 0.25) is 0 Å². The van der Waals surface area contributed by atoms with E-state index in [1.54, 1.807) is 0 Å². The van der Waals surface area contributed by atoms with Gasteiger partial charge in [0, 0.05) is 11.1 Å². The number of benzene rings is 7. The largest absolute Gasteiger partial charge is 0.503 e. The van der Waals surface area contributed by atoms with Gasteiger partial charge >= 0.3 is 11.9 Å². The Labute approximate surface area is 368 Å². The molecule has 1 N–H and O–H groups in total. The first kappa shape index (κ1) is 42.9. The van der Waals surface area contributed by atoms with Gasteiger partial charge in [-0.3, -0.25) is 0 Å². The van der Waals surface area contributed by atoms with Gasteiger partial charge in [0.1, 0.15) is 33.0 Å². The normalized spacial score (nSPS) is 10.7. The topological polar surface area (TPSA) is 119 Å². The Morgan fingerprint density at radius 2 is 0.790 bits per heavy atom. The van der Waals surface area contributed by atoms with Gasteiger partial charge in [0.15, 0.2) is 23.0 Å². The fraction of sp³-hybridized carbons (Fsp3) is 0.137. The minimum Gasteiger partial charge on any atom is -0.503 e. The molecule has 7 aromatic rings. The zero-order valence-electron chi connectivity index (χ0n) is 34.0. The highest BCUT2D eigenvalue weighted by molar-refractivity contribution is 9.10. The maximum atomic E-state index is 14.3. The van der Waals surface area contributed by atoms with Crippen LogP contribution in [0.3, 0.4) is 0 Å². The van der Waals surface area contributed by atoms with Crippen LogP contribution < -0.4 is 23.7 Å². The number of halogens is 1. The molecule has 0 saturated carbocycles. The number of methoxy groups -OCH3 is 2. The zero-order valence-corrected chi connectivity index (χ0v) is 35.6. The lowest BCUT2D eigenvalue weighted by Crippen LogP contribution is -2.14. The minimum atomic E-state index is -0.873. The van der Waals surface area contributed by atoms with Crippen molar-refractivity contribution in [2.24, 2.45) is 0 Å². The third-order valence-corrected chi connectivity index (χ3v) is 10.5. The average Bonchev–Trinajstić information content (AvgIpc) is 3.33. The van der Waals surface area contributed by atoms with Gasteiger partial charge in [0.2, 0.25) is 11.5 Å². The molecule has 0 spiro atoms. The molecule has 7 aromatic carbocycles. The maximum Gasteiger partial charge on any atom is 0.339 e. The molecule has 7 rings (SSSR count). The molecule has 0 radical (unpaired) electrons. The molecule has 0 heterocycles. The summed E-state index contributed by atoms with van der Waals surface area (Å²) in [5, 5.41) is 12.0. The smallest absolute Gasteiger partial charge is 0.339 e. The number of carbonyl (C=O) groups excluding carboxylic acids is 2. The second kappa shape index (κ2) is 20.8. The molecule has 0 aliphatic heterocycles. The molecule has 0 aliphatic carbocycles. The van der Waals surface area contributed by atoms with Crippen LogP contribution in [0.1, 0.15) is 48.5 Å². The van der Waals surface area contributed by atoms with Gasteiger partial charge in [0.05, 0.1) is 29.8 Å². The predicted molar refractivity (Wildman–Crippen MR) is 238 cm³/mol. The van der Waals surface area contributed by atoms with Gasteiger partial charge in [0.25, 0.3) is 0 Å². The highest BCUT2D eigenvalue weighted by Gasteiger charge is 2.37. The van der Waals surface area contributed by atoms with Crippen LogP contribution in [0, 0.1) is 0 Å². The lowest BCUT2D eigenvalue weighted by molar-refractivity contribution is 0.0588. The van der Waals surface area contributed by atoms with Gasteiger partial charge in [-0.15, -0.1) is 0 Å². The molecule has 0 aromatic heterocycles. The highest BCUT2D eigenvalue weighted by Crippen LogP contribution is 2.57. The maximum absolute atomic E-state index is 14.3. The summed E-state index contributed by atoms with van der Waals surface area (Å²) in [6.45, 7) is 0.108. The molecule has 10 nitrogen and oxygen atoms in total. The van der Waals surface area contributed by atoms with Crippen molar-refractivity contribution in [1.29, 1.82) is 0 Å². The van der Waals surface area contributed by atoms with Gasteiger partial charge in [-0.25, -0.2) is 9.59 Å². The highest BCUT2D eigenvalue weighted by atomic mass is 79.9. The standard InChI is InChI=1S/C51H43BrO10/c1-56-50(54)39-28-40(58-29-34-18-8-3-9-19-34)46(59-30-35-20-10-4-11-21-35)47(60-31-36-22-12-5-13-23-36)41(39)42-43(51(55)57-2)44(52)45(53)49(62-33-38-26-16-7-17-27-38)48(42)61-32-37-24-14-6-15-25-37/h3-28,53H,29-33H2,1-2H3. The summed E-state index contributed by atoms with van der Waals surface area (Å²) in [5.74, 6) is -2.05. The van der Waals surface area contributed by atoms with Crippen LogP contribution in [-0.4, -0.2) is 31.3 Å². The molecule has 62 heavy (non-hydrogen) atoms. The molecule has 0 amide bonds. The van der Waals surface area contributed by atoms with E-state index in [9.17, 15) is 14.7 Å². The summed E-state index contributed by atoms with van der Waals surface area (Å²) in [4.78, 5) is 28.5. The third kappa shape index (κ3) is 10.2. The van der Waals surface area contributed by atoms with E-state index in [1.165, 1.54) is 20.3 Å². The van der Waals surface area contributed by atoms with Crippen molar-refractivity contribution in [3.63, 3.8) is 0 Å². The lowest BCUT2D eigenvalue weighted by atomic mass is 9.91. The molecular formula is C51H43BrO10. The summed E-state index contributed by atoms with van der Waals surface area (Å²) >= 11 is 3.50. The van der Waals surface area contributed by atoms with Crippen molar-refractivity contribution in [2.75, 3.05) is 14.2 Å². The van der Waals surface area contributed by atoms with Crippen molar-refractivity contribution in [3.8, 4) is 45.6 Å². The molecule has 0 aliphatic rings. The Morgan fingerprint density at radius 3 is 1.18 bits per heavy atom. The van der Waals surface area contributed by atoms with Crippen LogP contribution >= 0.6 is 15.9 Å². The third-order valence-electron chi connectivity index (χ3n) is 9.71. The van der Waals surface area contributed by atoms with Gasteiger partial charge in [-0.05, 0) is 49.8 Å². The van der Waals surface area contributed by atoms with Crippen molar-refractivity contribution in [2.45, 2.75) is 33.0 Å². The van der Waals surface area contributed by atoms with Crippen LogP contribution in [0.5, 0.6) is 34.5 Å². The Morgan fingerprint density at radius 1 is 0.452 bits per heavy atom. The first-order valence-corrected chi connectivity index (χ1v) is 20.5. The van der Waals surface area contributed by atoms with Crippen molar-refractivity contribution < 1.29 is 47.9 Å².